The Bertz CT molecular complexity index is 939. The number of carbonyl (C=O) groups is 2. The van der Waals surface area contributed by atoms with Crippen molar-refractivity contribution in [3.63, 3.8) is 0 Å². The number of hydrogen-bond acceptors (Lipinski definition) is 2. The summed E-state index contributed by atoms with van der Waals surface area (Å²) in [4.78, 5) is 23.4. The van der Waals surface area contributed by atoms with Crippen LogP contribution in [0.25, 0.3) is 6.08 Å². The number of anilines is 2. The van der Waals surface area contributed by atoms with Gasteiger partial charge in [0.1, 0.15) is 0 Å². The molecule has 0 radical (unpaired) electrons. The van der Waals surface area contributed by atoms with Crippen LogP contribution in [0, 0.1) is 0 Å². The first-order chi connectivity index (χ1) is 12.7. The van der Waals surface area contributed by atoms with E-state index < -0.39 is 17.6 Å². The normalized spacial score (nSPS) is 14.0. The number of hydrogen-bond donors (Lipinski definition) is 2. The van der Waals surface area contributed by atoms with E-state index in [1.807, 2.05) is 0 Å². The Morgan fingerprint density at radius 3 is 2.67 bits per heavy atom. The molecule has 0 fully saturated rings. The van der Waals surface area contributed by atoms with Gasteiger partial charge in [-0.1, -0.05) is 11.6 Å². The van der Waals surface area contributed by atoms with Crippen LogP contribution >= 0.6 is 11.6 Å². The Morgan fingerprint density at radius 2 is 1.93 bits per heavy atom. The molecule has 1 aliphatic rings. The molecule has 1 heterocycles. The van der Waals surface area contributed by atoms with Crippen LogP contribution in [-0.2, 0) is 22.2 Å². The second-order valence-corrected chi connectivity index (χ2v) is 6.38. The summed E-state index contributed by atoms with van der Waals surface area (Å²) in [5.74, 6) is -0.566. The van der Waals surface area contributed by atoms with E-state index in [0.717, 1.165) is 29.8 Å². The maximum absolute atomic E-state index is 12.8. The fourth-order valence-corrected chi connectivity index (χ4v) is 2.84. The molecule has 0 saturated heterocycles. The summed E-state index contributed by atoms with van der Waals surface area (Å²) in [5.41, 5.74) is 1.38. The predicted molar refractivity (Wildman–Crippen MR) is 97.5 cm³/mol. The van der Waals surface area contributed by atoms with Crippen LogP contribution in [0.5, 0.6) is 0 Å². The third-order valence-electron chi connectivity index (χ3n) is 4.01. The third-order valence-corrected chi connectivity index (χ3v) is 4.35. The molecule has 2 amide bonds. The summed E-state index contributed by atoms with van der Waals surface area (Å²) in [7, 11) is 0. The van der Waals surface area contributed by atoms with Crippen LogP contribution in [0.2, 0.25) is 5.02 Å². The highest BCUT2D eigenvalue weighted by molar-refractivity contribution is 6.32. The molecule has 0 aromatic heterocycles. The van der Waals surface area contributed by atoms with Gasteiger partial charge >= 0.3 is 6.18 Å². The lowest BCUT2D eigenvalue weighted by molar-refractivity contribution is -0.137. The van der Waals surface area contributed by atoms with E-state index in [-0.39, 0.29) is 16.5 Å². The zero-order chi connectivity index (χ0) is 19.6. The van der Waals surface area contributed by atoms with Gasteiger partial charge in [0.2, 0.25) is 11.8 Å². The topological polar surface area (TPSA) is 58.2 Å². The molecule has 8 heteroatoms. The molecular weight excluding hydrogens is 381 g/mol. The van der Waals surface area contributed by atoms with E-state index in [0.29, 0.717) is 24.2 Å². The largest absolute Gasteiger partial charge is 0.416 e. The molecule has 2 N–H and O–H groups in total. The molecule has 0 atom stereocenters. The molecule has 0 bridgehead atoms. The van der Waals surface area contributed by atoms with Crippen LogP contribution in [0.1, 0.15) is 23.1 Å². The van der Waals surface area contributed by atoms with Gasteiger partial charge in [-0.05, 0) is 60.0 Å². The second kappa shape index (κ2) is 7.44. The highest BCUT2D eigenvalue weighted by atomic mass is 35.5. The monoisotopic (exact) mass is 394 g/mol. The zero-order valence-corrected chi connectivity index (χ0v) is 14.6. The first kappa shape index (κ1) is 19.0. The number of amides is 2. The molecular formula is C19H14ClF3N2O2. The van der Waals surface area contributed by atoms with E-state index in [4.69, 9.17) is 11.6 Å². The summed E-state index contributed by atoms with van der Waals surface area (Å²) >= 11 is 5.90. The molecule has 2 aromatic rings. The standard InChI is InChI=1S/C19H14ClF3N2O2/c20-15-5-3-13(19(21,22)23)9-11(15)1-7-17(26)24-14-4-6-16-12(10-14)2-8-18(27)25-16/h1,3-7,9-10H,2,8H2,(H,24,26)(H,25,27)/b7-1+. The van der Waals surface area contributed by atoms with Gasteiger partial charge in [-0.25, -0.2) is 0 Å². The Balaban J connectivity index is 1.72. The number of alkyl halides is 3. The molecule has 0 unspecified atom stereocenters. The summed E-state index contributed by atoms with van der Waals surface area (Å²) in [6.45, 7) is 0. The lowest BCUT2D eigenvalue weighted by Crippen LogP contribution is -2.19. The summed E-state index contributed by atoms with van der Waals surface area (Å²) in [6.07, 6.45) is -1.21. The first-order valence-electron chi connectivity index (χ1n) is 8.01. The molecule has 0 spiro atoms. The molecule has 1 aliphatic heterocycles. The lowest BCUT2D eigenvalue weighted by atomic mass is 10.0. The van der Waals surface area contributed by atoms with Crippen molar-refractivity contribution in [2.75, 3.05) is 10.6 Å². The van der Waals surface area contributed by atoms with Gasteiger partial charge in [0.25, 0.3) is 0 Å². The molecule has 3 rings (SSSR count). The molecule has 4 nitrogen and oxygen atoms in total. The maximum atomic E-state index is 12.8. The fourth-order valence-electron chi connectivity index (χ4n) is 2.66. The number of nitrogens with one attached hydrogen (secondary N) is 2. The lowest BCUT2D eigenvalue weighted by Gasteiger charge is -2.17. The predicted octanol–water partition coefficient (Wildman–Crippen LogP) is 4.90. The smallest absolute Gasteiger partial charge is 0.326 e. The number of rotatable bonds is 3. The van der Waals surface area contributed by atoms with Crippen molar-refractivity contribution < 1.29 is 22.8 Å². The number of fused-ring (bicyclic) bond motifs is 1. The van der Waals surface area contributed by atoms with Crippen molar-refractivity contribution in [3.8, 4) is 0 Å². The Morgan fingerprint density at radius 1 is 1.15 bits per heavy atom. The van der Waals surface area contributed by atoms with E-state index in [2.05, 4.69) is 10.6 Å². The van der Waals surface area contributed by atoms with E-state index >= 15 is 0 Å². The Labute approximate surface area is 158 Å². The molecule has 140 valence electrons. The number of halogens is 4. The molecule has 0 aliphatic carbocycles. The van der Waals surface area contributed by atoms with E-state index in [1.165, 1.54) is 6.08 Å². The van der Waals surface area contributed by atoms with Crippen LogP contribution in [0.4, 0.5) is 24.5 Å². The van der Waals surface area contributed by atoms with Crippen molar-refractivity contribution in [1.82, 2.24) is 0 Å². The molecule has 2 aromatic carbocycles. The SMILES string of the molecule is O=C(/C=C/c1cc(C(F)(F)F)ccc1Cl)Nc1ccc2c(c1)CCC(=O)N2. The van der Waals surface area contributed by atoms with Gasteiger partial charge < -0.3 is 10.6 Å². The highest BCUT2D eigenvalue weighted by Gasteiger charge is 2.30. The summed E-state index contributed by atoms with van der Waals surface area (Å²) in [6, 6.07) is 7.97. The minimum Gasteiger partial charge on any atom is -0.326 e. The van der Waals surface area contributed by atoms with Gasteiger partial charge in [0, 0.05) is 28.9 Å². The number of aryl methyl sites for hydroxylation is 1. The maximum Gasteiger partial charge on any atom is 0.416 e. The average Bonchev–Trinajstić information content (AvgIpc) is 2.60. The van der Waals surface area contributed by atoms with Gasteiger partial charge in [0.05, 0.1) is 5.56 Å². The van der Waals surface area contributed by atoms with E-state index in [9.17, 15) is 22.8 Å². The van der Waals surface area contributed by atoms with Crippen molar-refractivity contribution in [2.45, 2.75) is 19.0 Å². The van der Waals surface area contributed by atoms with Gasteiger partial charge in [-0.2, -0.15) is 13.2 Å². The van der Waals surface area contributed by atoms with Crippen molar-refractivity contribution in [1.29, 1.82) is 0 Å². The quantitative estimate of drug-likeness (QED) is 0.728. The van der Waals surface area contributed by atoms with Gasteiger partial charge in [-0.3, -0.25) is 9.59 Å². The molecule has 27 heavy (non-hydrogen) atoms. The number of benzene rings is 2. The Hall–Kier alpha value is -2.80. The van der Waals surface area contributed by atoms with Crippen LogP contribution in [-0.4, -0.2) is 11.8 Å². The van der Waals surface area contributed by atoms with Gasteiger partial charge in [0.15, 0.2) is 0 Å². The summed E-state index contributed by atoms with van der Waals surface area (Å²) in [5, 5.41) is 5.48. The van der Waals surface area contributed by atoms with Crippen LogP contribution in [0.3, 0.4) is 0 Å². The first-order valence-corrected chi connectivity index (χ1v) is 8.39. The molecule has 0 saturated carbocycles. The Kier molecular flexibility index (Phi) is 5.23. The minimum atomic E-state index is -4.49. The fraction of sp³-hybridized carbons (Fsp3) is 0.158. The highest BCUT2D eigenvalue weighted by Crippen LogP contribution is 2.32. The zero-order valence-electron chi connectivity index (χ0n) is 13.9. The second-order valence-electron chi connectivity index (χ2n) is 5.98. The minimum absolute atomic E-state index is 0.0554. The van der Waals surface area contributed by atoms with Crippen molar-refractivity contribution >= 4 is 40.9 Å². The average molecular weight is 395 g/mol. The summed E-state index contributed by atoms with van der Waals surface area (Å²) < 4.78 is 38.3. The van der Waals surface area contributed by atoms with Crippen LogP contribution < -0.4 is 10.6 Å². The van der Waals surface area contributed by atoms with E-state index in [1.54, 1.807) is 18.2 Å². The van der Waals surface area contributed by atoms with Crippen LogP contribution in [0.15, 0.2) is 42.5 Å². The third kappa shape index (κ3) is 4.68. The van der Waals surface area contributed by atoms with Crippen molar-refractivity contribution in [2.24, 2.45) is 0 Å². The number of carbonyl (C=O) groups excluding carboxylic acids is 2. The van der Waals surface area contributed by atoms with Gasteiger partial charge in [-0.15, -0.1) is 0 Å². The van der Waals surface area contributed by atoms with Crippen molar-refractivity contribution in [3.05, 3.63) is 64.2 Å².